The Morgan fingerprint density at radius 2 is 2.03 bits per heavy atom. The molecule has 170 valence electrons. The summed E-state index contributed by atoms with van der Waals surface area (Å²) in [6, 6.07) is 3.92. The summed E-state index contributed by atoms with van der Waals surface area (Å²) in [6.07, 6.45) is 3.29. The predicted molar refractivity (Wildman–Crippen MR) is 121 cm³/mol. The van der Waals surface area contributed by atoms with Gasteiger partial charge in [-0.05, 0) is 45.2 Å². The first-order chi connectivity index (χ1) is 13.8. The van der Waals surface area contributed by atoms with Gasteiger partial charge in [0.15, 0.2) is 5.96 Å². The summed E-state index contributed by atoms with van der Waals surface area (Å²) in [7, 11) is 1.57. The lowest BCUT2D eigenvalue weighted by molar-refractivity contribution is -0.126. The van der Waals surface area contributed by atoms with E-state index in [-0.39, 0.29) is 65.7 Å². The maximum atomic E-state index is 14.1. The highest BCUT2D eigenvalue weighted by Gasteiger charge is 2.28. The summed E-state index contributed by atoms with van der Waals surface area (Å²) in [6.45, 7) is 0.746. The number of alkyl halides is 2. The van der Waals surface area contributed by atoms with Gasteiger partial charge in [0.25, 0.3) is 0 Å². The highest BCUT2D eigenvalue weighted by molar-refractivity contribution is 14.0. The zero-order chi connectivity index (χ0) is 21.4. The molecule has 0 aliphatic heterocycles. The predicted octanol–water partition coefficient (Wildman–Crippen LogP) is 3.79. The number of ether oxygens (including phenoxy) is 1. The summed E-state index contributed by atoms with van der Waals surface area (Å²) in [5.41, 5.74) is -0.00594. The molecule has 0 spiro atoms. The number of rotatable bonds is 7. The fourth-order valence-electron chi connectivity index (χ4n) is 3.44. The molecule has 0 aromatic heterocycles. The Labute approximate surface area is 192 Å². The number of nitrogens with one attached hydrogen (secondary N) is 3. The van der Waals surface area contributed by atoms with E-state index >= 15 is 0 Å². The number of carbonyl (C=O) groups is 1. The number of nitrogens with zero attached hydrogens (tertiary/aromatic N) is 1. The minimum Gasteiger partial charge on any atom is -0.434 e. The molecule has 2 atom stereocenters. The molecule has 1 fully saturated rings. The SMILES string of the molecule is CN=C(NCc1c(F)cccc1OC(F)F)NC1CCCC(C(=O)NC(C)C)C1.I. The molecule has 2 unspecified atom stereocenters. The number of carbonyl (C=O) groups excluding carboxylic acids is 1. The van der Waals surface area contributed by atoms with Gasteiger partial charge in [-0.25, -0.2) is 4.39 Å². The molecule has 1 aromatic rings. The van der Waals surface area contributed by atoms with Crippen LogP contribution in [0.4, 0.5) is 13.2 Å². The Kier molecular flexibility index (Phi) is 11.3. The first kappa shape index (κ1) is 26.3. The third-order valence-corrected chi connectivity index (χ3v) is 4.76. The molecule has 0 heterocycles. The Hall–Kier alpha value is -1.72. The zero-order valence-electron chi connectivity index (χ0n) is 17.4. The molecule has 30 heavy (non-hydrogen) atoms. The third-order valence-electron chi connectivity index (χ3n) is 4.76. The van der Waals surface area contributed by atoms with Crippen LogP contribution in [0.2, 0.25) is 0 Å². The lowest BCUT2D eigenvalue weighted by atomic mass is 9.85. The number of aliphatic imine (C=N–C) groups is 1. The van der Waals surface area contributed by atoms with Gasteiger partial charge in [-0.1, -0.05) is 12.5 Å². The summed E-state index contributed by atoms with van der Waals surface area (Å²) < 4.78 is 43.6. The van der Waals surface area contributed by atoms with Crippen LogP contribution in [0.15, 0.2) is 23.2 Å². The topological polar surface area (TPSA) is 74.8 Å². The molecule has 0 radical (unpaired) electrons. The summed E-state index contributed by atoms with van der Waals surface area (Å²) in [5.74, 6) is -0.472. The standard InChI is InChI=1S/C20H29F3N4O2.HI/c1-12(2)26-18(28)13-6-4-7-14(10-13)27-20(24-3)25-11-15-16(21)8-5-9-17(15)29-19(22)23;/h5,8-9,12-14,19H,4,6-7,10-11H2,1-3H3,(H,26,28)(H2,24,25,27);1H. The van der Waals surface area contributed by atoms with Crippen molar-refractivity contribution in [1.29, 1.82) is 0 Å². The summed E-state index contributed by atoms with van der Waals surface area (Å²) in [5, 5.41) is 9.12. The fourth-order valence-corrected chi connectivity index (χ4v) is 3.44. The van der Waals surface area contributed by atoms with Gasteiger partial charge < -0.3 is 20.7 Å². The van der Waals surface area contributed by atoms with Crippen LogP contribution in [0, 0.1) is 11.7 Å². The quantitative estimate of drug-likeness (QED) is 0.279. The molecular weight excluding hydrogens is 512 g/mol. The van der Waals surface area contributed by atoms with Crippen LogP contribution in [-0.2, 0) is 11.3 Å². The number of amides is 1. The molecule has 3 N–H and O–H groups in total. The Morgan fingerprint density at radius 3 is 2.67 bits per heavy atom. The Bertz CT molecular complexity index is 719. The van der Waals surface area contributed by atoms with E-state index in [0.717, 1.165) is 19.3 Å². The molecular formula is C20H30F3IN4O2. The van der Waals surface area contributed by atoms with Crippen LogP contribution in [0.1, 0.15) is 45.1 Å². The van der Waals surface area contributed by atoms with Crippen molar-refractivity contribution in [2.45, 2.75) is 64.8 Å². The van der Waals surface area contributed by atoms with Gasteiger partial charge in [0.2, 0.25) is 5.91 Å². The van der Waals surface area contributed by atoms with E-state index in [0.29, 0.717) is 12.4 Å². The average Bonchev–Trinajstić information content (AvgIpc) is 2.65. The fraction of sp³-hybridized carbons (Fsp3) is 0.600. The second-order valence-electron chi connectivity index (χ2n) is 7.39. The van der Waals surface area contributed by atoms with Crippen molar-refractivity contribution in [2.75, 3.05) is 7.05 Å². The molecule has 0 bridgehead atoms. The van der Waals surface area contributed by atoms with E-state index in [9.17, 15) is 18.0 Å². The van der Waals surface area contributed by atoms with Crippen LogP contribution in [0.5, 0.6) is 5.75 Å². The number of halogens is 4. The third kappa shape index (κ3) is 8.19. The van der Waals surface area contributed by atoms with Gasteiger partial charge in [0.1, 0.15) is 11.6 Å². The largest absolute Gasteiger partial charge is 0.434 e. The highest BCUT2D eigenvalue weighted by Crippen LogP contribution is 2.25. The molecule has 0 saturated heterocycles. The molecule has 1 aliphatic rings. The molecule has 1 aliphatic carbocycles. The van der Waals surface area contributed by atoms with Crippen molar-refractivity contribution in [2.24, 2.45) is 10.9 Å². The van der Waals surface area contributed by atoms with Crippen molar-refractivity contribution in [3.05, 3.63) is 29.6 Å². The first-order valence-corrected chi connectivity index (χ1v) is 9.80. The molecule has 10 heteroatoms. The number of hydrogen-bond donors (Lipinski definition) is 3. The maximum absolute atomic E-state index is 14.1. The van der Waals surface area contributed by atoms with E-state index in [4.69, 9.17) is 0 Å². The molecule has 1 amide bonds. The zero-order valence-corrected chi connectivity index (χ0v) is 19.7. The lowest BCUT2D eigenvalue weighted by Crippen LogP contribution is -2.47. The van der Waals surface area contributed by atoms with E-state index in [1.54, 1.807) is 7.05 Å². The average molecular weight is 542 g/mol. The monoisotopic (exact) mass is 542 g/mol. The summed E-state index contributed by atoms with van der Waals surface area (Å²) >= 11 is 0. The van der Waals surface area contributed by atoms with Crippen LogP contribution >= 0.6 is 24.0 Å². The van der Waals surface area contributed by atoms with Crippen LogP contribution in [-0.4, -0.2) is 37.6 Å². The minimum atomic E-state index is -3.04. The number of guanidine groups is 1. The van der Waals surface area contributed by atoms with E-state index in [1.807, 2.05) is 13.8 Å². The van der Waals surface area contributed by atoms with Gasteiger partial charge in [0.05, 0.1) is 0 Å². The van der Waals surface area contributed by atoms with Crippen molar-refractivity contribution >= 4 is 35.8 Å². The van der Waals surface area contributed by atoms with Gasteiger partial charge in [0, 0.05) is 37.2 Å². The van der Waals surface area contributed by atoms with Gasteiger partial charge in [-0.2, -0.15) is 8.78 Å². The van der Waals surface area contributed by atoms with E-state index in [1.165, 1.54) is 18.2 Å². The summed E-state index contributed by atoms with van der Waals surface area (Å²) in [4.78, 5) is 16.4. The van der Waals surface area contributed by atoms with Gasteiger partial charge in [-0.3, -0.25) is 9.79 Å². The van der Waals surface area contributed by atoms with Crippen molar-refractivity contribution < 1.29 is 22.7 Å². The van der Waals surface area contributed by atoms with Gasteiger partial charge >= 0.3 is 6.61 Å². The van der Waals surface area contributed by atoms with Crippen LogP contribution in [0.25, 0.3) is 0 Å². The second kappa shape index (κ2) is 12.9. The molecule has 1 saturated carbocycles. The second-order valence-corrected chi connectivity index (χ2v) is 7.39. The Balaban J connectivity index is 0.00000450. The number of benzene rings is 1. The molecule has 1 aromatic carbocycles. The van der Waals surface area contributed by atoms with Gasteiger partial charge in [-0.15, -0.1) is 24.0 Å². The first-order valence-electron chi connectivity index (χ1n) is 9.80. The normalized spacial score (nSPS) is 19.3. The molecule has 6 nitrogen and oxygen atoms in total. The minimum absolute atomic E-state index is 0. The smallest absolute Gasteiger partial charge is 0.387 e. The van der Waals surface area contributed by atoms with Crippen LogP contribution < -0.4 is 20.7 Å². The van der Waals surface area contributed by atoms with Crippen LogP contribution in [0.3, 0.4) is 0 Å². The highest BCUT2D eigenvalue weighted by atomic mass is 127. The van der Waals surface area contributed by atoms with E-state index < -0.39 is 12.4 Å². The maximum Gasteiger partial charge on any atom is 0.387 e. The Morgan fingerprint density at radius 1 is 1.30 bits per heavy atom. The van der Waals surface area contributed by atoms with Crippen molar-refractivity contribution in [3.8, 4) is 5.75 Å². The van der Waals surface area contributed by atoms with E-state index in [2.05, 4.69) is 25.7 Å². The number of hydrogen-bond acceptors (Lipinski definition) is 3. The van der Waals surface area contributed by atoms with Crippen molar-refractivity contribution in [1.82, 2.24) is 16.0 Å². The molecule has 2 rings (SSSR count). The van der Waals surface area contributed by atoms with Crippen molar-refractivity contribution in [3.63, 3.8) is 0 Å². The lowest BCUT2D eigenvalue weighted by Gasteiger charge is -2.30.